The van der Waals surface area contributed by atoms with Crippen molar-refractivity contribution >= 4 is 5.82 Å². The Morgan fingerprint density at radius 1 is 1.18 bits per heavy atom. The highest BCUT2D eigenvalue weighted by Gasteiger charge is 2.37. The number of anilines is 1. The molecule has 4 aliphatic rings. The molecular weight excluding hydrogens is 272 g/mol. The zero-order valence-electron chi connectivity index (χ0n) is 13.1. The summed E-state index contributed by atoms with van der Waals surface area (Å²) in [7, 11) is 0. The summed E-state index contributed by atoms with van der Waals surface area (Å²) in [5, 5.41) is 9.35. The first-order chi connectivity index (χ1) is 10.8. The zero-order valence-corrected chi connectivity index (χ0v) is 13.1. The third-order valence-electron chi connectivity index (χ3n) is 5.75. The van der Waals surface area contributed by atoms with Crippen molar-refractivity contribution < 1.29 is 0 Å². The molecule has 0 unspecified atom stereocenters. The van der Waals surface area contributed by atoms with E-state index in [1.165, 1.54) is 45.2 Å². The molecule has 0 aromatic carbocycles. The van der Waals surface area contributed by atoms with E-state index in [2.05, 4.69) is 20.9 Å². The second-order valence-electron chi connectivity index (χ2n) is 7.24. The molecule has 0 radical (unpaired) electrons. The van der Waals surface area contributed by atoms with Crippen molar-refractivity contribution in [1.29, 1.82) is 5.26 Å². The second kappa shape index (κ2) is 5.89. The molecule has 1 aliphatic carbocycles. The number of nitrogens with zero attached hydrogens (tertiary/aromatic N) is 4. The van der Waals surface area contributed by atoms with Gasteiger partial charge in [-0.15, -0.1) is 0 Å². The molecule has 2 atom stereocenters. The van der Waals surface area contributed by atoms with Gasteiger partial charge in [0.2, 0.25) is 0 Å². The Hall–Kier alpha value is -1.60. The predicted molar refractivity (Wildman–Crippen MR) is 86.6 cm³/mol. The lowest BCUT2D eigenvalue weighted by molar-refractivity contribution is 0.0917. The summed E-state index contributed by atoms with van der Waals surface area (Å²) >= 11 is 0. The van der Waals surface area contributed by atoms with Gasteiger partial charge in [0.15, 0.2) is 0 Å². The minimum Gasteiger partial charge on any atom is -0.354 e. The van der Waals surface area contributed by atoms with Gasteiger partial charge in [-0.05, 0) is 49.7 Å². The average molecular weight is 296 g/mol. The Kier molecular flexibility index (Phi) is 3.75. The number of nitriles is 1. The van der Waals surface area contributed by atoms with Gasteiger partial charge in [0, 0.05) is 38.4 Å². The molecular formula is C18H24N4. The quantitative estimate of drug-likeness (QED) is 0.860. The monoisotopic (exact) mass is 296 g/mol. The van der Waals surface area contributed by atoms with E-state index in [1.54, 1.807) is 0 Å². The van der Waals surface area contributed by atoms with Crippen LogP contribution in [0.1, 0.15) is 37.7 Å². The largest absolute Gasteiger partial charge is 0.354 e. The van der Waals surface area contributed by atoms with Gasteiger partial charge in [-0.25, -0.2) is 4.98 Å². The zero-order chi connectivity index (χ0) is 14.9. The molecule has 4 nitrogen and oxygen atoms in total. The van der Waals surface area contributed by atoms with E-state index in [4.69, 9.17) is 0 Å². The van der Waals surface area contributed by atoms with Gasteiger partial charge >= 0.3 is 0 Å². The summed E-state index contributed by atoms with van der Waals surface area (Å²) in [4.78, 5) is 9.63. The fourth-order valence-corrected chi connectivity index (χ4v) is 4.32. The summed E-state index contributed by atoms with van der Waals surface area (Å²) in [5.74, 6) is 2.57. The van der Waals surface area contributed by atoms with E-state index in [0.717, 1.165) is 30.7 Å². The van der Waals surface area contributed by atoms with Crippen LogP contribution in [0.3, 0.4) is 0 Å². The number of pyridine rings is 1. The highest BCUT2D eigenvalue weighted by atomic mass is 15.3. The number of aromatic nitrogens is 1. The Bertz CT molecular complexity index is 575. The van der Waals surface area contributed by atoms with Crippen molar-refractivity contribution in [1.82, 2.24) is 9.88 Å². The molecule has 4 heteroatoms. The van der Waals surface area contributed by atoms with Crippen molar-refractivity contribution in [3.8, 4) is 6.07 Å². The lowest BCUT2D eigenvalue weighted by atomic mass is 9.83. The van der Waals surface area contributed by atoms with Crippen LogP contribution in [0.25, 0.3) is 0 Å². The van der Waals surface area contributed by atoms with Crippen LogP contribution in [0.2, 0.25) is 0 Å². The maximum absolute atomic E-state index is 9.35. The molecule has 4 fully saturated rings. The smallest absolute Gasteiger partial charge is 0.146 e. The van der Waals surface area contributed by atoms with Crippen molar-refractivity contribution in [2.75, 3.05) is 31.1 Å². The Balaban J connectivity index is 1.53. The molecule has 1 aromatic rings. The molecule has 3 saturated heterocycles. The van der Waals surface area contributed by atoms with E-state index in [-0.39, 0.29) is 0 Å². The highest BCUT2D eigenvalue weighted by molar-refractivity contribution is 5.53. The van der Waals surface area contributed by atoms with Gasteiger partial charge in [-0.1, -0.05) is 6.42 Å². The first-order valence-electron chi connectivity index (χ1n) is 8.67. The highest BCUT2D eigenvalue weighted by Crippen LogP contribution is 2.34. The van der Waals surface area contributed by atoms with Gasteiger partial charge in [0.25, 0.3) is 0 Å². The Morgan fingerprint density at radius 2 is 2.09 bits per heavy atom. The molecule has 0 spiro atoms. The second-order valence-corrected chi connectivity index (χ2v) is 7.24. The van der Waals surface area contributed by atoms with Crippen LogP contribution in [0, 0.1) is 23.2 Å². The molecule has 3 aliphatic heterocycles. The maximum Gasteiger partial charge on any atom is 0.146 e. The van der Waals surface area contributed by atoms with E-state index in [9.17, 15) is 5.26 Å². The number of hydrogen-bond acceptors (Lipinski definition) is 4. The average Bonchev–Trinajstić information content (AvgIpc) is 2.82. The van der Waals surface area contributed by atoms with Gasteiger partial charge < -0.3 is 4.90 Å². The van der Waals surface area contributed by atoms with Crippen LogP contribution in [-0.4, -0.2) is 42.1 Å². The topological polar surface area (TPSA) is 43.2 Å². The summed E-state index contributed by atoms with van der Waals surface area (Å²) in [6.45, 7) is 4.63. The van der Waals surface area contributed by atoms with Gasteiger partial charge in [-0.2, -0.15) is 5.26 Å². The maximum atomic E-state index is 9.35. The van der Waals surface area contributed by atoms with E-state index < -0.39 is 0 Å². The molecule has 0 N–H and O–H groups in total. The molecule has 4 heterocycles. The number of fused-ring (bicyclic) bond motifs is 4. The predicted octanol–water partition coefficient (Wildman–Crippen LogP) is 2.65. The lowest BCUT2D eigenvalue weighted by Gasteiger charge is -2.40. The standard InChI is InChI=1S/C18H24N4/c19-9-16-5-2-8-20-18(16)22-12-15-6-7-17(13-22)21(11-15)10-14-3-1-4-14/h2,5,8,14-15,17H,1,3-4,6-7,10-13H2/t15-,17-/m0/s1. The van der Waals surface area contributed by atoms with Crippen molar-refractivity contribution in [2.45, 2.75) is 38.1 Å². The summed E-state index contributed by atoms with van der Waals surface area (Å²) in [6, 6.07) is 6.70. The fraction of sp³-hybridized carbons (Fsp3) is 0.667. The normalized spacial score (nSPS) is 29.0. The van der Waals surface area contributed by atoms with Gasteiger partial charge in [0.1, 0.15) is 11.9 Å². The molecule has 22 heavy (non-hydrogen) atoms. The first kappa shape index (κ1) is 14.0. The lowest BCUT2D eigenvalue weighted by Crippen LogP contribution is -2.47. The van der Waals surface area contributed by atoms with Crippen LogP contribution in [0.4, 0.5) is 5.82 Å². The summed E-state index contributed by atoms with van der Waals surface area (Å²) in [5.41, 5.74) is 0.717. The first-order valence-corrected chi connectivity index (χ1v) is 8.67. The van der Waals surface area contributed by atoms with Crippen LogP contribution in [-0.2, 0) is 0 Å². The number of hydrogen-bond donors (Lipinski definition) is 0. The third-order valence-corrected chi connectivity index (χ3v) is 5.75. The molecule has 2 bridgehead atoms. The van der Waals surface area contributed by atoms with Crippen LogP contribution in [0.5, 0.6) is 0 Å². The number of rotatable bonds is 3. The Morgan fingerprint density at radius 3 is 2.86 bits per heavy atom. The van der Waals surface area contributed by atoms with Crippen molar-refractivity contribution in [3.63, 3.8) is 0 Å². The number of piperidine rings is 1. The summed E-state index contributed by atoms with van der Waals surface area (Å²) in [6.07, 6.45) is 8.74. The minimum atomic E-state index is 0.646. The van der Waals surface area contributed by atoms with E-state index in [1.807, 2.05) is 18.3 Å². The van der Waals surface area contributed by atoms with Gasteiger partial charge in [-0.3, -0.25) is 4.90 Å². The molecule has 5 rings (SSSR count). The van der Waals surface area contributed by atoms with Crippen molar-refractivity contribution in [2.24, 2.45) is 11.8 Å². The fourth-order valence-electron chi connectivity index (χ4n) is 4.32. The van der Waals surface area contributed by atoms with Crippen LogP contribution < -0.4 is 4.90 Å². The molecule has 1 aromatic heterocycles. The van der Waals surface area contributed by atoms with Crippen LogP contribution >= 0.6 is 0 Å². The molecule has 1 saturated carbocycles. The van der Waals surface area contributed by atoms with E-state index >= 15 is 0 Å². The molecule has 0 amide bonds. The third kappa shape index (κ3) is 2.59. The van der Waals surface area contributed by atoms with E-state index in [0.29, 0.717) is 11.6 Å². The van der Waals surface area contributed by atoms with Crippen molar-refractivity contribution in [3.05, 3.63) is 23.9 Å². The minimum absolute atomic E-state index is 0.646. The summed E-state index contributed by atoms with van der Waals surface area (Å²) < 4.78 is 0. The molecule has 116 valence electrons. The van der Waals surface area contributed by atoms with Gasteiger partial charge in [0.05, 0.1) is 5.56 Å². The SMILES string of the molecule is N#Cc1cccnc1N1C[C@H]2CC[C@@H](C1)N(CC1CCC1)C2. The Labute approximate surface area is 132 Å². The van der Waals surface area contributed by atoms with Crippen LogP contribution in [0.15, 0.2) is 18.3 Å².